The summed E-state index contributed by atoms with van der Waals surface area (Å²) in [6.07, 6.45) is 4.14. The van der Waals surface area contributed by atoms with Gasteiger partial charge in [-0.15, -0.1) is 5.10 Å². The molecule has 4 nitrogen and oxygen atoms in total. The molecule has 1 fully saturated rings. The van der Waals surface area contributed by atoms with E-state index in [0.29, 0.717) is 11.6 Å². The van der Waals surface area contributed by atoms with Crippen LogP contribution in [0.25, 0.3) is 0 Å². The van der Waals surface area contributed by atoms with Gasteiger partial charge in [-0.1, -0.05) is 32.0 Å². The molecular weight excluding hydrogens is 274 g/mol. The highest BCUT2D eigenvalue weighted by Crippen LogP contribution is 2.38. The van der Waals surface area contributed by atoms with Crippen molar-refractivity contribution in [3.63, 3.8) is 0 Å². The van der Waals surface area contributed by atoms with Crippen LogP contribution in [0.1, 0.15) is 59.9 Å². The largest absolute Gasteiger partial charge is 0.320 e. The Morgan fingerprint density at radius 3 is 2.27 bits per heavy atom. The summed E-state index contributed by atoms with van der Waals surface area (Å²) in [4.78, 5) is 12.4. The molecule has 1 amide bonds. The van der Waals surface area contributed by atoms with Gasteiger partial charge < -0.3 is 5.32 Å². The van der Waals surface area contributed by atoms with E-state index in [-0.39, 0.29) is 5.91 Å². The molecule has 1 saturated carbocycles. The number of anilines is 1. The molecule has 114 valence electrons. The van der Waals surface area contributed by atoms with Crippen LogP contribution in [0.15, 0.2) is 30.3 Å². The van der Waals surface area contributed by atoms with Crippen LogP contribution in [0.2, 0.25) is 0 Å². The van der Waals surface area contributed by atoms with Crippen molar-refractivity contribution in [2.45, 2.75) is 45.4 Å². The Morgan fingerprint density at radius 1 is 1.09 bits per heavy atom. The third-order valence-corrected chi connectivity index (χ3v) is 4.15. The molecule has 0 spiro atoms. The fourth-order valence-corrected chi connectivity index (χ4v) is 2.64. The van der Waals surface area contributed by atoms with E-state index in [1.165, 1.54) is 12.8 Å². The van der Waals surface area contributed by atoms with Crippen LogP contribution in [0, 0.1) is 0 Å². The number of carbonyl (C=O) groups is 1. The summed E-state index contributed by atoms with van der Waals surface area (Å²) in [5.41, 5.74) is 4.59. The zero-order chi connectivity index (χ0) is 15.5. The van der Waals surface area contributed by atoms with E-state index in [9.17, 15) is 4.79 Å². The van der Waals surface area contributed by atoms with E-state index in [2.05, 4.69) is 41.5 Å². The van der Waals surface area contributed by atoms with Crippen molar-refractivity contribution in [3.05, 3.63) is 52.8 Å². The van der Waals surface area contributed by atoms with E-state index in [1.807, 2.05) is 12.1 Å². The highest BCUT2D eigenvalue weighted by atomic mass is 16.1. The second-order valence-corrected chi connectivity index (χ2v) is 5.73. The summed E-state index contributed by atoms with van der Waals surface area (Å²) in [5, 5.41) is 11.3. The van der Waals surface area contributed by atoms with Gasteiger partial charge in [0.2, 0.25) is 0 Å². The lowest BCUT2D eigenvalue weighted by Gasteiger charge is -2.14. The number of para-hydroxylation sites is 1. The zero-order valence-corrected chi connectivity index (χ0v) is 13.1. The molecule has 1 aliphatic carbocycles. The lowest BCUT2D eigenvalue weighted by Crippen LogP contribution is -2.17. The number of hydrogen-bond acceptors (Lipinski definition) is 3. The van der Waals surface area contributed by atoms with Crippen LogP contribution in [0.5, 0.6) is 0 Å². The number of hydrogen-bond donors (Lipinski definition) is 1. The highest BCUT2D eigenvalue weighted by molar-refractivity contribution is 6.03. The molecule has 22 heavy (non-hydrogen) atoms. The number of nitrogens with one attached hydrogen (secondary N) is 1. The molecule has 1 heterocycles. The lowest BCUT2D eigenvalue weighted by molar-refractivity contribution is 0.102. The second-order valence-electron chi connectivity index (χ2n) is 5.73. The van der Waals surface area contributed by atoms with Gasteiger partial charge in [-0.2, -0.15) is 5.10 Å². The fourth-order valence-electron chi connectivity index (χ4n) is 2.64. The summed E-state index contributed by atoms with van der Waals surface area (Å²) < 4.78 is 0. The van der Waals surface area contributed by atoms with Gasteiger partial charge in [0.15, 0.2) is 5.69 Å². The molecule has 1 aromatic heterocycles. The highest BCUT2D eigenvalue weighted by Gasteiger charge is 2.25. The topological polar surface area (TPSA) is 54.9 Å². The monoisotopic (exact) mass is 295 g/mol. The predicted molar refractivity (Wildman–Crippen MR) is 87.2 cm³/mol. The number of carbonyl (C=O) groups excluding carboxylic acids is 1. The first-order valence-corrected chi connectivity index (χ1v) is 7.98. The maximum absolute atomic E-state index is 12.4. The number of aromatic nitrogens is 2. The molecule has 0 unspecified atom stereocenters. The van der Waals surface area contributed by atoms with E-state index in [1.54, 1.807) is 6.07 Å². The van der Waals surface area contributed by atoms with Gasteiger partial charge >= 0.3 is 0 Å². The molecule has 3 rings (SSSR count). The summed E-state index contributed by atoms with van der Waals surface area (Å²) in [6.45, 7) is 4.18. The smallest absolute Gasteiger partial charge is 0.276 e. The molecule has 2 aromatic rings. The Morgan fingerprint density at radius 2 is 1.77 bits per heavy atom. The van der Waals surface area contributed by atoms with Crippen LogP contribution >= 0.6 is 0 Å². The zero-order valence-electron chi connectivity index (χ0n) is 13.1. The molecule has 0 radical (unpaired) electrons. The van der Waals surface area contributed by atoms with Crippen molar-refractivity contribution in [3.8, 4) is 0 Å². The Hall–Kier alpha value is -2.23. The van der Waals surface area contributed by atoms with Crippen molar-refractivity contribution in [2.24, 2.45) is 0 Å². The van der Waals surface area contributed by atoms with Crippen LogP contribution in [-0.4, -0.2) is 16.1 Å². The summed E-state index contributed by atoms with van der Waals surface area (Å²) in [7, 11) is 0. The third kappa shape index (κ3) is 3.01. The first-order valence-electron chi connectivity index (χ1n) is 7.98. The normalized spacial score (nSPS) is 13.9. The fraction of sp³-hybridized carbons (Fsp3) is 0.389. The molecule has 1 N–H and O–H groups in total. The summed E-state index contributed by atoms with van der Waals surface area (Å²) >= 11 is 0. The number of benzene rings is 1. The van der Waals surface area contributed by atoms with Gasteiger partial charge in [-0.3, -0.25) is 4.79 Å². The van der Waals surface area contributed by atoms with Crippen molar-refractivity contribution in [1.82, 2.24) is 10.2 Å². The van der Waals surface area contributed by atoms with E-state index >= 15 is 0 Å². The summed E-state index contributed by atoms with van der Waals surface area (Å²) in [6, 6.07) is 9.84. The molecule has 4 heteroatoms. The van der Waals surface area contributed by atoms with E-state index < -0.39 is 0 Å². The maximum Gasteiger partial charge on any atom is 0.276 e. The molecule has 0 saturated heterocycles. The average molecular weight is 295 g/mol. The first-order chi connectivity index (χ1) is 10.7. The molecule has 0 bridgehead atoms. The summed E-state index contributed by atoms with van der Waals surface area (Å²) in [5.74, 6) is 0.363. The average Bonchev–Trinajstić information content (AvgIpc) is 3.40. The third-order valence-electron chi connectivity index (χ3n) is 4.15. The van der Waals surface area contributed by atoms with Gasteiger partial charge in [0.25, 0.3) is 5.91 Å². The standard InChI is InChI=1S/C18H21N3O/c1-3-12-6-5-7-13(4-2)17(12)19-18(22)16-11-10-15(20-21-16)14-8-9-14/h5-7,10-11,14H,3-4,8-9H2,1-2H3,(H,19,22). The maximum atomic E-state index is 12.4. The Bertz CT molecular complexity index is 653. The van der Waals surface area contributed by atoms with Crippen LogP contribution in [-0.2, 0) is 12.8 Å². The predicted octanol–water partition coefficient (Wildman–Crippen LogP) is 3.73. The van der Waals surface area contributed by atoms with Crippen LogP contribution in [0.4, 0.5) is 5.69 Å². The second kappa shape index (κ2) is 6.26. The minimum Gasteiger partial charge on any atom is -0.320 e. The van der Waals surface area contributed by atoms with Crippen molar-refractivity contribution in [2.75, 3.05) is 5.32 Å². The van der Waals surface area contributed by atoms with Crippen molar-refractivity contribution >= 4 is 11.6 Å². The minimum atomic E-state index is -0.189. The number of rotatable bonds is 5. The van der Waals surface area contributed by atoms with Crippen LogP contribution < -0.4 is 5.32 Å². The Balaban J connectivity index is 1.81. The van der Waals surface area contributed by atoms with Crippen molar-refractivity contribution < 1.29 is 4.79 Å². The minimum absolute atomic E-state index is 0.189. The number of amides is 1. The van der Waals surface area contributed by atoms with Gasteiger partial charge in [0.05, 0.1) is 5.69 Å². The van der Waals surface area contributed by atoms with Crippen molar-refractivity contribution in [1.29, 1.82) is 0 Å². The molecule has 0 aliphatic heterocycles. The van der Waals surface area contributed by atoms with Gasteiger partial charge in [0.1, 0.15) is 0 Å². The Labute approximate surface area is 131 Å². The molecule has 1 aliphatic rings. The first kappa shape index (κ1) is 14.7. The quantitative estimate of drug-likeness (QED) is 0.914. The molecule has 0 atom stereocenters. The van der Waals surface area contributed by atoms with Gasteiger partial charge in [0, 0.05) is 11.6 Å². The van der Waals surface area contributed by atoms with Gasteiger partial charge in [-0.05, 0) is 48.9 Å². The number of nitrogens with zero attached hydrogens (tertiary/aromatic N) is 2. The van der Waals surface area contributed by atoms with E-state index in [4.69, 9.17) is 0 Å². The Kier molecular flexibility index (Phi) is 4.18. The molecule has 1 aromatic carbocycles. The van der Waals surface area contributed by atoms with Gasteiger partial charge in [-0.25, -0.2) is 0 Å². The SMILES string of the molecule is CCc1cccc(CC)c1NC(=O)c1ccc(C2CC2)nn1. The van der Waals surface area contributed by atoms with E-state index in [0.717, 1.165) is 35.3 Å². The van der Waals surface area contributed by atoms with Crippen LogP contribution in [0.3, 0.4) is 0 Å². The lowest BCUT2D eigenvalue weighted by atomic mass is 10.0. The number of aryl methyl sites for hydroxylation is 2. The molecular formula is C18H21N3O.